The fraction of sp³-hybridized carbons (Fsp3) is 0.391. The van der Waals surface area contributed by atoms with Crippen molar-refractivity contribution >= 4 is 12.4 Å². The Hall–Kier alpha value is -2.66. The number of hydrogen-bond donors (Lipinski definition) is 1. The molecule has 0 aliphatic carbocycles. The van der Waals surface area contributed by atoms with Crippen LogP contribution in [0.1, 0.15) is 46.3 Å². The van der Waals surface area contributed by atoms with Gasteiger partial charge in [-0.05, 0) is 67.6 Å². The van der Waals surface area contributed by atoms with Crippen LogP contribution in [0.3, 0.4) is 0 Å². The van der Waals surface area contributed by atoms with E-state index in [1.165, 1.54) is 42.6 Å². The lowest BCUT2D eigenvalue weighted by molar-refractivity contribution is -0.122. The Morgan fingerprint density at radius 1 is 0.929 bits per heavy atom. The third-order valence-corrected chi connectivity index (χ3v) is 5.45. The van der Waals surface area contributed by atoms with E-state index in [2.05, 4.69) is 41.3 Å². The summed E-state index contributed by atoms with van der Waals surface area (Å²) in [6, 6.07) is 16.8. The number of carbonyl (C=O) groups is 2. The summed E-state index contributed by atoms with van der Waals surface area (Å²) in [5.74, 6) is 0.157. The molecule has 148 valence electrons. The summed E-state index contributed by atoms with van der Waals surface area (Å²) in [6.07, 6.45) is 4.73. The molecule has 1 saturated heterocycles. The summed E-state index contributed by atoms with van der Waals surface area (Å²) in [4.78, 5) is 25.8. The number of fused-ring (bicyclic) bond motifs is 1. The van der Waals surface area contributed by atoms with E-state index in [1.807, 2.05) is 17.0 Å². The SMILES string of the molecule is O=C(c1ccc(CN2CCCC2)cc1)N1CCCc2ccccc2C1.O=CO. The minimum atomic E-state index is -0.250. The van der Waals surface area contributed by atoms with Gasteiger partial charge in [-0.1, -0.05) is 36.4 Å². The summed E-state index contributed by atoms with van der Waals surface area (Å²) in [6.45, 7) is 4.72. The first-order chi connectivity index (χ1) is 13.7. The van der Waals surface area contributed by atoms with E-state index in [0.717, 1.165) is 38.0 Å². The molecule has 0 unspecified atom stereocenters. The smallest absolute Gasteiger partial charge is 0.290 e. The van der Waals surface area contributed by atoms with Gasteiger partial charge in [0.15, 0.2) is 0 Å². The van der Waals surface area contributed by atoms with Crippen LogP contribution in [0.4, 0.5) is 0 Å². The highest BCUT2D eigenvalue weighted by Gasteiger charge is 2.20. The van der Waals surface area contributed by atoms with Gasteiger partial charge >= 0.3 is 0 Å². The maximum absolute atomic E-state index is 12.9. The van der Waals surface area contributed by atoms with Crippen molar-refractivity contribution in [3.8, 4) is 0 Å². The van der Waals surface area contributed by atoms with Crippen LogP contribution in [0.15, 0.2) is 48.5 Å². The maximum Gasteiger partial charge on any atom is 0.290 e. The third kappa shape index (κ3) is 5.20. The standard InChI is InChI=1S/C22H26N2O.CH2O2/c25-22(24-15-5-8-19-6-1-2-7-21(19)17-24)20-11-9-18(10-12-20)16-23-13-3-4-14-23;2-1-3/h1-2,6-7,9-12H,3-5,8,13-17H2;1H,(H,2,3). The number of amides is 1. The molecule has 1 amide bonds. The molecule has 1 N–H and O–H groups in total. The number of carbonyl (C=O) groups excluding carboxylic acids is 1. The molecule has 5 heteroatoms. The molecule has 2 aromatic carbocycles. The average molecular weight is 380 g/mol. The summed E-state index contributed by atoms with van der Waals surface area (Å²) in [7, 11) is 0. The van der Waals surface area contributed by atoms with Gasteiger partial charge in [-0.25, -0.2) is 0 Å². The van der Waals surface area contributed by atoms with Crippen LogP contribution in [0.2, 0.25) is 0 Å². The van der Waals surface area contributed by atoms with Gasteiger partial charge in [0.2, 0.25) is 0 Å². The number of aryl methyl sites for hydroxylation is 1. The van der Waals surface area contributed by atoms with Gasteiger partial charge in [0.1, 0.15) is 0 Å². The highest BCUT2D eigenvalue weighted by molar-refractivity contribution is 5.94. The molecule has 4 rings (SSSR count). The molecular formula is C23H28N2O3. The predicted octanol–water partition coefficient (Wildman–Crippen LogP) is 3.57. The Morgan fingerprint density at radius 3 is 2.25 bits per heavy atom. The molecule has 0 bridgehead atoms. The quantitative estimate of drug-likeness (QED) is 0.827. The van der Waals surface area contributed by atoms with E-state index in [0.29, 0.717) is 0 Å². The van der Waals surface area contributed by atoms with Crippen LogP contribution in [0, 0.1) is 0 Å². The highest BCUT2D eigenvalue weighted by atomic mass is 16.3. The second kappa shape index (κ2) is 10.0. The van der Waals surface area contributed by atoms with Crippen molar-refractivity contribution in [2.75, 3.05) is 19.6 Å². The molecular weight excluding hydrogens is 352 g/mol. The van der Waals surface area contributed by atoms with Crippen LogP contribution < -0.4 is 0 Å². The topological polar surface area (TPSA) is 60.9 Å². The maximum atomic E-state index is 12.9. The summed E-state index contributed by atoms with van der Waals surface area (Å²) >= 11 is 0. The summed E-state index contributed by atoms with van der Waals surface area (Å²) in [5.41, 5.74) is 4.79. The fourth-order valence-electron chi connectivity index (χ4n) is 4.01. The third-order valence-electron chi connectivity index (χ3n) is 5.45. The Bertz CT molecular complexity index is 783. The van der Waals surface area contributed by atoms with Crippen molar-refractivity contribution in [1.82, 2.24) is 9.80 Å². The lowest BCUT2D eigenvalue weighted by atomic mass is 10.0. The number of nitrogens with zero attached hydrogens (tertiary/aromatic N) is 2. The van der Waals surface area contributed by atoms with E-state index >= 15 is 0 Å². The number of benzene rings is 2. The first-order valence-electron chi connectivity index (χ1n) is 9.96. The Balaban J connectivity index is 0.000000706. The van der Waals surface area contributed by atoms with Gasteiger partial charge in [-0.3, -0.25) is 14.5 Å². The van der Waals surface area contributed by atoms with Crippen molar-refractivity contribution in [3.05, 3.63) is 70.8 Å². The minimum absolute atomic E-state index is 0.157. The number of likely N-dealkylation sites (tertiary alicyclic amines) is 1. The van der Waals surface area contributed by atoms with Crippen LogP contribution in [-0.4, -0.2) is 46.9 Å². The van der Waals surface area contributed by atoms with E-state index in [4.69, 9.17) is 9.90 Å². The Labute approximate surface area is 166 Å². The van der Waals surface area contributed by atoms with Gasteiger partial charge in [0.05, 0.1) is 0 Å². The molecule has 2 aliphatic rings. The number of carboxylic acid groups (broad SMARTS) is 1. The van der Waals surface area contributed by atoms with Gasteiger partial charge in [-0.15, -0.1) is 0 Å². The zero-order valence-corrected chi connectivity index (χ0v) is 16.2. The normalized spacial score (nSPS) is 16.5. The first kappa shape index (κ1) is 20.1. The summed E-state index contributed by atoms with van der Waals surface area (Å²) < 4.78 is 0. The van der Waals surface area contributed by atoms with Crippen LogP contribution in [-0.2, 0) is 24.3 Å². The zero-order chi connectivity index (χ0) is 19.8. The van der Waals surface area contributed by atoms with Gasteiger partial charge in [0, 0.05) is 25.2 Å². The molecule has 2 heterocycles. The Kier molecular flexibility index (Phi) is 7.20. The average Bonchev–Trinajstić information content (AvgIpc) is 3.12. The first-order valence-corrected chi connectivity index (χ1v) is 9.96. The Morgan fingerprint density at radius 2 is 1.57 bits per heavy atom. The zero-order valence-electron chi connectivity index (χ0n) is 16.2. The predicted molar refractivity (Wildman–Crippen MR) is 109 cm³/mol. The molecule has 2 aliphatic heterocycles. The van der Waals surface area contributed by atoms with Crippen LogP contribution in [0.25, 0.3) is 0 Å². The minimum Gasteiger partial charge on any atom is -0.483 e. The lowest BCUT2D eigenvalue weighted by Crippen LogP contribution is -2.30. The fourth-order valence-corrected chi connectivity index (χ4v) is 4.01. The summed E-state index contributed by atoms with van der Waals surface area (Å²) in [5, 5.41) is 6.89. The molecule has 28 heavy (non-hydrogen) atoms. The second-order valence-corrected chi connectivity index (χ2v) is 7.38. The van der Waals surface area contributed by atoms with Crippen LogP contribution in [0.5, 0.6) is 0 Å². The van der Waals surface area contributed by atoms with Gasteiger partial charge in [-0.2, -0.15) is 0 Å². The molecule has 0 saturated carbocycles. The highest BCUT2D eigenvalue weighted by Crippen LogP contribution is 2.20. The second-order valence-electron chi connectivity index (χ2n) is 7.38. The molecule has 0 atom stereocenters. The number of hydrogen-bond acceptors (Lipinski definition) is 3. The molecule has 5 nitrogen and oxygen atoms in total. The van der Waals surface area contributed by atoms with Crippen molar-refractivity contribution in [1.29, 1.82) is 0 Å². The molecule has 0 spiro atoms. The van der Waals surface area contributed by atoms with E-state index < -0.39 is 0 Å². The van der Waals surface area contributed by atoms with Gasteiger partial charge < -0.3 is 10.0 Å². The van der Waals surface area contributed by atoms with E-state index in [1.54, 1.807) is 0 Å². The molecule has 2 aromatic rings. The van der Waals surface area contributed by atoms with Crippen molar-refractivity contribution in [2.24, 2.45) is 0 Å². The van der Waals surface area contributed by atoms with Crippen molar-refractivity contribution in [3.63, 3.8) is 0 Å². The van der Waals surface area contributed by atoms with Crippen molar-refractivity contribution in [2.45, 2.75) is 38.8 Å². The van der Waals surface area contributed by atoms with E-state index in [-0.39, 0.29) is 12.4 Å². The van der Waals surface area contributed by atoms with Crippen molar-refractivity contribution < 1.29 is 14.7 Å². The van der Waals surface area contributed by atoms with Crippen LogP contribution >= 0.6 is 0 Å². The van der Waals surface area contributed by atoms with E-state index in [9.17, 15) is 4.79 Å². The largest absolute Gasteiger partial charge is 0.483 e. The molecule has 0 radical (unpaired) electrons. The molecule has 1 fully saturated rings. The van der Waals surface area contributed by atoms with Gasteiger partial charge in [0.25, 0.3) is 12.4 Å². The lowest BCUT2D eigenvalue weighted by Gasteiger charge is -2.21. The molecule has 0 aromatic heterocycles. The monoisotopic (exact) mass is 380 g/mol. The number of rotatable bonds is 3.